The normalized spacial score (nSPS) is 34.0. The van der Waals surface area contributed by atoms with Gasteiger partial charge in [-0.1, -0.05) is 0 Å². The molecule has 0 saturated carbocycles. The van der Waals surface area contributed by atoms with Gasteiger partial charge in [-0.25, -0.2) is 0 Å². The molecule has 3 rings (SSSR count). The summed E-state index contributed by atoms with van der Waals surface area (Å²) >= 11 is 0. The summed E-state index contributed by atoms with van der Waals surface area (Å²) in [5.74, 6) is 0.335. The van der Waals surface area contributed by atoms with Crippen LogP contribution in [-0.2, 0) is 19.0 Å². The lowest BCUT2D eigenvalue weighted by atomic mass is 9.96. The first kappa shape index (κ1) is 15.2. The minimum absolute atomic E-state index is 0.0680. The molecule has 120 valence electrons. The van der Waals surface area contributed by atoms with Crippen LogP contribution in [0.2, 0.25) is 0 Å². The maximum atomic E-state index is 12.6. The van der Waals surface area contributed by atoms with Crippen LogP contribution in [0.25, 0.3) is 0 Å². The van der Waals surface area contributed by atoms with Crippen molar-refractivity contribution in [3.63, 3.8) is 0 Å². The zero-order valence-electron chi connectivity index (χ0n) is 12.8. The van der Waals surface area contributed by atoms with Crippen molar-refractivity contribution in [2.24, 2.45) is 5.92 Å². The largest absolute Gasteiger partial charge is 0.383 e. The number of rotatable bonds is 4. The zero-order chi connectivity index (χ0) is 14.7. The highest BCUT2D eigenvalue weighted by molar-refractivity contribution is 5.79. The maximum absolute atomic E-state index is 12.6. The topological polar surface area (TPSA) is 51.2 Å². The van der Waals surface area contributed by atoms with Crippen molar-refractivity contribution in [1.82, 2.24) is 9.80 Å². The summed E-state index contributed by atoms with van der Waals surface area (Å²) in [6, 6.07) is 0.314. The molecule has 0 aliphatic carbocycles. The summed E-state index contributed by atoms with van der Waals surface area (Å²) in [6.07, 6.45) is 2.07. The van der Waals surface area contributed by atoms with Crippen molar-refractivity contribution in [3.8, 4) is 0 Å². The molecule has 3 saturated heterocycles. The number of amides is 1. The lowest BCUT2D eigenvalue weighted by Crippen LogP contribution is -2.61. The van der Waals surface area contributed by atoms with Crippen molar-refractivity contribution in [3.05, 3.63) is 0 Å². The van der Waals surface area contributed by atoms with E-state index in [1.807, 2.05) is 4.90 Å². The third-order valence-corrected chi connectivity index (χ3v) is 4.87. The van der Waals surface area contributed by atoms with Gasteiger partial charge in [-0.05, 0) is 12.8 Å². The SMILES string of the molecule is COCCN1CCO[C@@H]2CCN(C(=O)C3CCOC3)C[C@H]21. The number of morpholine rings is 1. The van der Waals surface area contributed by atoms with Crippen LogP contribution in [0, 0.1) is 5.92 Å². The van der Waals surface area contributed by atoms with Gasteiger partial charge in [0.05, 0.1) is 37.9 Å². The molecule has 21 heavy (non-hydrogen) atoms. The second kappa shape index (κ2) is 7.05. The fourth-order valence-corrected chi connectivity index (χ4v) is 3.62. The molecule has 1 amide bonds. The summed E-state index contributed by atoms with van der Waals surface area (Å²) in [5, 5.41) is 0. The Morgan fingerprint density at radius 3 is 2.95 bits per heavy atom. The fraction of sp³-hybridized carbons (Fsp3) is 0.933. The van der Waals surface area contributed by atoms with Crippen molar-refractivity contribution in [2.45, 2.75) is 25.0 Å². The Hall–Kier alpha value is -0.690. The van der Waals surface area contributed by atoms with E-state index in [0.29, 0.717) is 12.6 Å². The number of fused-ring (bicyclic) bond motifs is 1. The molecule has 6 heteroatoms. The van der Waals surface area contributed by atoms with Crippen LogP contribution in [0.15, 0.2) is 0 Å². The first-order chi connectivity index (χ1) is 10.3. The summed E-state index contributed by atoms with van der Waals surface area (Å²) in [6.45, 7) is 6.27. The molecular weight excluding hydrogens is 272 g/mol. The fourth-order valence-electron chi connectivity index (χ4n) is 3.62. The molecule has 1 unspecified atom stereocenters. The highest BCUT2D eigenvalue weighted by Crippen LogP contribution is 2.25. The average molecular weight is 298 g/mol. The monoisotopic (exact) mass is 298 g/mol. The number of hydrogen-bond acceptors (Lipinski definition) is 5. The van der Waals surface area contributed by atoms with Gasteiger partial charge in [0, 0.05) is 39.9 Å². The van der Waals surface area contributed by atoms with Gasteiger partial charge in [-0.2, -0.15) is 0 Å². The van der Waals surface area contributed by atoms with Gasteiger partial charge in [0.2, 0.25) is 5.91 Å². The van der Waals surface area contributed by atoms with Gasteiger partial charge >= 0.3 is 0 Å². The van der Waals surface area contributed by atoms with Crippen LogP contribution < -0.4 is 0 Å². The lowest BCUT2D eigenvalue weighted by molar-refractivity contribution is -0.147. The lowest BCUT2D eigenvalue weighted by Gasteiger charge is -2.47. The molecule has 0 N–H and O–H groups in total. The molecule has 0 radical (unpaired) electrons. The smallest absolute Gasteiger partial charge is 0.228 e. The Kier molecular flexibility index (Phi) is 5.11. The average Bonchev–Trinajstić information content (AvgIpc) is 3.06. The van der Waals surface area contributed by atoms with Crippen LogP contribution in [0.4, 0.5) is 0 Å². The molecule has 3 aliphatic rings. The van der Waals surface area contributed by atoms with E-state index in [4.69, 9.17) is 14.2 Å². The first-order valence-corrected chi connectivity index (χ1v) is 8.00. The highest BCUT2D eigenvalue weighted by atomic mass is 16.5. The standard InChI is InChI=1S/C15H26N2O4/c1-19-8-5-16-6-9-21-14-2-4-17(10-13(14)16)15(18)12-3-7-20-11-12/h12-14H,2-11H2,1H3/t12?,13-,14-/m1/s1. The van der Waals surface area contributed by atoms with Gasteiger partial charge < -0.3 is 19.1 Å². The number of nitrogens with zero attached hydrogens (tertiary/aromatic N) is 2. The Labute approximate surface area is 126 Å². The van der Waals surface area contributed by atoms with Crippen LogP contribution in [0.1, 0.15) is 12.8 Å². The third kappa shape index (κ3) is 3.39. The van der Waals surface area contributed by atoms with E-state index in [9.17, 15) is 4.79 Å². The van der Waals surface area contributed by atoms with E-state index in [0.717, 1.165) is 58.8 Å². The molecule has 0 bridgehead atoms. The molecule has 0 aromatic rings. The quantitative estimate of drug-likeness (QED) is 0.729. The van der Waals surface area contributed by atoms with Gasteiger partial charge in [-0.15, -0.1) is 0 Å². The Balaban J connectivity index is 1.60. The van der Waals surface area contributed by atoms with Crippen molar-refractivity contribution in [2.75, 3.05) is 59.7 Å². The summed E-state index contributed by atoms with van der Waals surface area (Å²) < 4.78 is 16.5. The number of ether oxygens (including phenoxy) is 3. The van der Waals surface area contributed by atoms with Gasteiger partial charge in [-0.3, -0.25) is 9.69 Å². The van der Waals surface area contributed by atoms with E-state index in [-0.39, 0.29) is 17.9 Å². The van der Waals surface area contributed by atoms with Gasteiger partial charge in [0.1, 0.15) is 0 Å². The van der Waals surface area contributed by atoms with Crippen LogP contribution in [0.5, 0.6) is 0 Å². The minimum atomic E-state index is 0.0680. The molecular formula is C15H26N2O4. The third-order valence-electron chi connectivity index (χ3n) is 4.87. The zero-order valence-corrected chi connectivity index (χ0v) is 12.8. The number of hydrogen-bond donors (Lipinski definition) is 0. The second-order valence-corrected chi connectivity index (χ2v) is 6.14. The van der Waals surface area contributed by atoms with Gasteiger partial charge in [0.15, 0.2) is 0 Å². The number of piperidine rings is 1. The minimum Gasteiger partial charge on any atom is -0.383 e. The number of likely N-dealkylation sites (tertiary alicyclic amines) is 1. The summed E-state index contributed by atoms with van der Waals surface area (Å²) in [4.78, 5) is 17.0. The molecule has 3 heterocycles. The molecule has 6 nitrogen and oxygen atoms in total. The van der Waals surface area contributed by atoms with E-state index >= 15 is 0 Å². The first-order valence-electron chi connectivity index (χ1n) is 8.00. The molecule has 0 aromatic carbocycles. The maximum Gasteiger partial charge on any atom is 0.228 e. The van der Waals surface area contributed by atoms with Crippen LogP contribution in [-0.4, -0.2) is 87.6 Å². The number of carbonyl (C=O) groups excluding carboxylic acids is 1. The van der Waals surface area contributed by atoms with Crippen molar-refractivity contribution in [1.29, 1.82) is 0 Å². The van der Waals surface area contributed by atoms with E-state index in [1.54, 1.807) is 7.11 Å². The summed E-state index contributed by atoms with van der Waals surface area (Å²) in [5.41, 5.74) is 0. The molecule has 0 aromatic heterocycles. The van der Waals surface area contributed by atoms with E-state index in [1.165, 1.54) is 0 Å². The molecule has 3 aliphatic heterocycles. The van der Waals surface area contributed by atoms with E-state index in [2.05, 4.69) is 4.90 Å². The van der Waals surface area contributed by atoms with Crippen molar-refractivity contribution >= 4 is 5.91 Å². The predicted octanol–water partition coefficient (Wildman–Crippen LogP) is -0.0290. The van der Waals surface area contributed by atoms with Gasteiger partial charge in [0.25, 0.3) is 0 Å². The summed E-state index contributed by atoms with van der Waals surface area (Å²) in [7, 11) is 1.73. The molecule has 0 spiro atoms. The van der Waals surface area contributed by atoms with E-state index < -0.39 is 0 Å². The Bertz CT molecular complexity index is 360. The molecule has 3 atom stereocenters. The predicted molar refractivity (Wildman–Crippen MR) is 77.1 cm³/mol. The van der Waals surface area contributed by atoms with Crippen molar-refractivity contribution < 1.29 is 19.0 Å². The molecule has 3 fully saturated rings. The number of carbonyl (C=O) groups is 1. The van der Waals surface area contributed by atoms with Crippen LogP contribution >= 0.6 is 0 Å². The number of methoxy groups -OCH3 is 1. The highest BCUT2D eigenvalue weighted by Gasteiger charge is 2.39. The Morgan fingerprint density at radius 1 is 1.29 bits per heavy atom. The van der Waals surface area contributed by atoms with Crippen LogP contribution in [0.3, 0.4) is 0 Å². The Morgan fingerprint density at radius 2 is 2.19 bits per heavy atom. The second-order valence-electron chi connectivity index (χ2n) is 6.14.